The molecule has 0 radical (unpaired) electrons. The van der Waals surface area contributed by atoms with Crippen LogP contribution in [0.25, 0.3) is 0 Å². The second-order valence-electron chi connectivity index (χ2n) is 5.86. The number of hydrogen-bond donors (Lipinski definition) is 0. The topological polar surface area (TPSA) is 86.5 Å². The Bertz CT molecular complexity index is 786. The summed E-state index contributed by atoms with van der Waals surface area (Å²) in [7, 11) is 0. The first-order valence-corrected chi connectivity index (χ1v) is 7.87. The summed E-state index contributed by atoms with van der Waals surface area (Å²) < 4.78 is 5.02. The molecular formula is C19H19NO5. The van der Waals surface area contributed by atoms with Crippen LogP contribution in [-0.4, -0.2) is 23.3 Å². The second kappa shape index (κ2) is 8.19. The van der Waals surface area contributed by atoms with Gasteiger partial charge in [-0.05, 0) is 18.4 Å². The third-order valence-corrected chi connectivity index (χ3v) is 3.93. The number of hydrogen-bond acceptors (Lipinski definition) is 5. The first-order valence-electron chi connectivity index (χ1n) is 7.87. The van der Waals surface area contributed by atoms with Gasteiger partial charge in [-0.25, -0.2) is 0 Å². The molecule has 0 heterocycles. The van der Waals surface area contributed by atoms with E-state index in [0.717, 1.165) is 5.56 Å². The van der Waals surface area contributed by atoms with Gasteiger partial charge in [0.05, 0.1) is 11.3 Å². The van der Waals surface area contributed by atoms with Crippen molar-refractivity contribution >= 4 is 17.4 Å². The molecule has 0 saturated carbocycles. The van der Waals surface area contributed by atoms with Gasteiger partial charge in [-0.15, -0.1) is 0 Å². The van der Waals surface area contributed by atoms with Gasteiger partial charge in [-0.2, -0.15) is 0 Å². The summed E-state index contributed by atoms with van der Waals surface area (Å²) in [5.41, 5.74) is 1.51. The van der Waals surface area contributed by atoms with Crippen LogP contribution >= 0.6 is 0 Å². The number of nitro benzene ring substituents is 1. The van der Waals surface area contributed by atoms with Crippen molar-refractivity contribution in [2.24, 2.45) is 0 Å². The summed E-state index contributed by atoms with van der Waals surface area (Å²) in [5.74, 6) is -0.973. The molecule has 1 atom stereocenters. The molecule has 0 unspecified atom stereocenters. The zero-order valence-corrected chi connectivity index (χ0v) is 14.1. The van der Waals surface area contributed by atoms with Gasteiger partial charge < -0.3 is 4.74 Å². The molecule has 2 rings (SSSR count). The van der Waals surface area contributed by atoms with Crippen LogP contribution in [-0.2, 0) is 9.53 Å². The van der Waals surface area contributed by atoms with Crippen LogP contribution in [0.3, 0.4) is 0 Å². The zero-order chi connectivity index (χ0) is 18.4. The van der Waals surface area contributed by atoms with Gasteiger partial charge in [0.25, 0.3) is 5.69 Å². The largest absolute Gasteiger partial charge is 0.457 e. The highest BCUT2D eigenvalue weighted by molar-refractivity contribution is 5.98. The number of benzene rings is 2. The number of carbonyl (C=O) groups excluding carboxylic acids is 2. The lowest BCUT2D eigenvalue weighted by Crippen LogP contribution is -2.16. The second-order valence-corrected chi connectivity index (χ2v) is 5.86. The fourth-order valence-electron chi connectivity index (χ4n) is 2.42. The van der Waals surface area contributed by atoms with Crippen LogP contribution in [0.5, 0.6) is 0 Å². The van der Waals surface area contributed by atoms with Gasteiger partial charge in [-0.1, -0.05) is 49.4 Å². The predicted molar refractivity (Wildman–Crippen MR) is 92.6 cm³/mol. The summed E-state index contributed by atoms with van der Waals surface area (Å²) >= 11 is 0. The lowest BCUT2D eigenvalue weighted by Gasteiger charge is -2.11. The molecule has 6 nitrogen and oxygen atoms in total. The van der Waals surface area contributed by atoms with Crippen LogP contribution < -0.4 is 0 Å². The standard InChI is InChI=1S/C19H19NO5/c1-13-8-9-16(11-17(13)20(23)24)18(21)12-25-19(22)10-14(2)15-6-4-3-5-7-15/h3-9,11,14H,10,12H2,1-2H3/t14-/m0/s1. The van der Waals surface area contributed by atoms with Crippen molar-refractivity contribution < 1.29 is 19.2 Å². The van der Waals surface area contributed by atoms with E-state index in [0.29, 0.717) is 5.56 Å². The molecule has 0 saturated heterocycles. The average molecular weight is 341 g/mol. The highest BCUT2D eigenvalue weighted by atomic mass is 16.6. The molecule has 0 N–H and O–H groups in total. The van der Waals surface area contributed by atoms with Crippen LogP contribution in [0, 0.1) is 17.0 Å². The molecule has 0 spiro atoms. The molecule has 25 heavy (non-hydrogen) atoms. The average Bonchev–Trinajstić information content (AvgIpc) is 2.60. The third-order valence-electron chi connectivity index (χ3n) is 3.93. The Kier molecular flexibility index (Phi) is 6.00. The van der Waals surface area contributed by atoms with Crippen LogP contribution in [0.15, 0.2) is 48.5 Å². The van der Waals surface area contributed by atoms with Crippen molar-refractivity contribution in [1.82, 2.24) is 0 Å². The summed E-state index contributed by atoms with van der Waals surface area (Å²) in [6.45, 7) is 3.07. The normalized spacial score (nSPS) is 11.6. The lowest BCUT2D eigenvalue weighted by molar-refractivity contribution is -0.385. The van der Waals surface area contributed by atoms with Crippen LogP contribution in [0.2, 0.25) is 0 Å². The van der Waals surface area contributed by atoms with Crippen molar-refractivity contribution in [2.75, 3.05) is 6.61 Å². The van der Waals surface area contributed by atoms with Gasteiger partial charge in [-0.3, -0.25) is 19.7 Å². The number of nitro groups is 1. The van der Waals surface area contributed by atoms with Crippen LogP contribution in [0.4, 0.5) is 5.69 Å². The number of ether oxygens (including phenoxy) is 1. The minimum absolute atomic E-state index is 0.0238. The van der Waals surface area contributed by atoms with Crippen LogP contribution in [0.1, 0.15) is 40.7 Å². The summed E-state index contributed by atoms with van der Waals surface area (Å²) in [6.07, 6.45) is 0.158. The molecule has 0 bridgehead atoms. The first kappa shape index (κ1) is 18.3. The highest BCUT2D eigenvalue weighted by Crippen LogP contribution is 2.21. The Morgan fingerprint density at radius 3 is 2.48 bits per heavy atom. The Labute approximate surface area is 145 Å². The Morgan fingerprint density at radius 1 is 1.16 bits per heavy atom. The van der Waals surface area contributed by atoms with Crippen molar-refractivity contribution in [3.8, 4) is 0 Å². The minimum Gasteiger partial charge on any atom is -0.457 e. The molecule has 6 heteroatoms. The van der Waals surface area contributed by atoms with E-state index in [1.807, 2.05) is 37.3 Å². The molecule has 0 fully saturated rings. The van der Waals surface area contributed by atoms with E-state index >= 15 is 0 Å². The van der Waals surface area contributed by atoms with E-state index in [2.05, 4.69) is 0 Å². The number of rotatable bonds is 7. The molecule has 0 aliphatic heterocycles. The SMILES string of the molecule is Cc1ccc(C(=O)COC(=O)C[C@H](C)c2ccccc2)cc1[N+](=O)[O-]. The van der Waals surface area contributed by atoms with E-state index in [-0.39, 0.29) is 23.6 Å². The number of carbonyl (C=O) groups is 2. The van der Waals surface area contributed by atoms with Crippen molar-refractivity contribution in [1.29, 1.82) is 0 Å². The molecular weight excluding hydrogens is 322 g/mol. The van der Waals surface area contributed by atoms with Gasteiger partial charge in [0.2, 0.25) is 5.78 Å². The summed E-state index contributed by atoms with van der Waals surface area (Å²) in [5, 5.41) is 10.9. The number of nitrogens with zero attached hydrogens (tertiary/aromatic N) is 1. The van der Waals surface area contributed by atoms with Gasteiger partial charge >= 0.3 is 5.97 Å². The van der Waals surface area contributed by atoms with E-state index < -0.39 is 23.3 Å². The fourth-order valence-corrected chi connectivity index (χ4v) is 2.42. The molecule has 130 valence electrons. The Hall–Kier alpha value is -3.02. The maximum absolute atomic E-state index is 12.1. The Morgan fingerprint density at radius 2 is 1.84 bits per heavy atom. The molecule has 0 aliphatic rings. The highest BCUT2D eigenvalue weighted by Gasteiger charge is 2.17. The van der Waals surface area contributed by atoms with Crippen molar-refractivity contribution in [2.45, 2.75) is 26.2 Å². The maximum Gasteiger partial charge on any atom is 0.306 e. The number of ketones is 1. The smallest absolute Gasteiger partial charge is 0.306 e. The van der Waals surface area contributed by atoms with Crippen molar-refractivity contribution in [3.05, 3.63) is 75.3 Å². The van der Waals surface area contributed by atoms with Gasteiger partial charge in [0.1, 0.15) is 0 Å². The third kappa shape index (κ3) is 4.97. The monoisotopic (exact) mass is 341 g/mol. The minimum atomic E-state index is -0.542. The quantitative estimate of drug-likeness (QED) is 0.331. The molecule has 0 aromatic heterocycles. The number of esters is 1. The molecule has 2 aromatic carbocycles. The van der Waals surface area contributed by atoms with E-state index in [9.17, 15) is 19.7 Å². The molecule has 0 amide bonds. The summed E-state index contributed by atoms with van der Waals surface area (Å²) in [4.78, 5) is 34.4. The number of Topliss-reactive ketones (excluding diaryl/α,β-unsaturated/α-hetero) is 1. The maximum atomic E-state index is 12.1. The first-order chi connectivity index (χ1) is 11.9. The van der Waals surface area contributed by atoms with Gasteiger partial charge in [0, 0.05) is 17.2 Å². The van der Waals surface area contributed by atoms with E-state index in [4.69, 9.17) is 4.74 Å². The zero-order valence-electron chi connectivity index (χ0n) is 14.1. The predicted octanol–water partition coefficient (Wildman–Crippen LogP) is 3.82. The molecule has 2 aromatic rings. The van der Waals surface area contributed by atoms with E-state index in [1.165, 1.54) is 18.2 Å². The Balaban J connectivity index is 1.92. The van der Waals surface area contributed by atoms with E-state index in [1.54, 1.807) is 6.92 Å². The van der Waals surface area contributed by atoms with Crippen molar-refractivity contribution in [3.63, 3.8) is 0 Å². The fraction of sp³-hybridized carbons (Fsp3) is 0.263. The number of aryl methyl sites for hydroxylation is 1. The molecule has 0 aliphatic carbocycles. The lowest BCUT2D eigenvalue weighted by atomic mass is 9.98. The van der Waals surface area contributed by atoms with Gasteiger partial charge in [0.15, 0.2) is 6.61 Å². The summed E-state index contributed by atoms with van der Waals surface area (Å²) in [6, 6.07) is 13.7.